The van der Waals surface area contributed by atoms with Crippen LogP contribution in [0.25, 0.3) is 0 Å². The van der Waals surface area contributed by atoms with Crippen molar-refractivity contribution < 1.29 is 8.42 Å². The Kier molecular flexibility index (Phi) is 3.87. The molecule has 0 radical (unpaired) electrons. The molecule has 0 atom stereocenters. The number of aromatic nitrogens is 3. The predicted octanol–water partition coefficient (Wildman–Crippen LogP) is 1.17. The Balaban J connectivity index is 2.73. The first-order valence-electron chi connectivity index (χ1n) is 4.27. The van der Waals surface area contributed by atoms with Gasteiger partial charge in [-0.15, -0.1) is 0 Å². The van der Waals surface area contributed by atoms with Crippen molar-refractivity contribution in [3.8, 4) is 0 Å². The largest absolute Gasteiger partial charge is 0.263 e. The Bertz CT molecular complexity index is 464. The minimum absolute atomic E-state index is 0.0654. The van der Waals surface area contributed by atoms with Crippen LogP contribution in [-0.2, 0) is 15.6 Å². The molecule has 84 valence electrons. The lowest BCUT2D eigenvalue weighted by atomic mass is 10.4. The van der Waals surface area contributed by atoms with Gasteiger partial charge < -0.3 is 0 Å². The van der Waals surface area contributed by atoms with Crippen molar-refractivity contribution in [1.29, 1.82) is 0 Å². The van der Waals surface area contributed by atoms with Crippen LogP contribution in [0.4, 0.5) is 0 Å². The maximum Gasteiger partial charge on any atom is 0.165 e. The summed E-state index contributed by atoms with van der Waals surface area (Å²) < 4.78 is 23.2. The van der Waals surface area contributed by atoms with E-state index in [2.05, 4.69) is 15.2 Å². The highest BCUT2D eigenvalue weighted by atomic mass is 35.5. The standard InChI is InChI=1S/C8H12ClN3O2S/c1-6(3-9)4-15(13,14)5-8-10-7(2)11-12-8/h3H,4-5H2,1-2H3,(H,10,11,12). The maximum absolute atomic E-state index is 11.6. The summed E-state index contributed by atoms with van der Waals surface area (Å²) in [6.07, 6.45) is 0. The molecule has 15 heavy (non-hydrogen) atoms. The number of H-pyrrole nitrogens is 1. The van der Waals surface area contributed by atoms with Gasteiger partial charge in [0.05, 0.1) is 5.75 Å². The third-order valence-electron chi connectivity index (χ3n) is 1.63. The Morgan fingerprint density at radius 1 is 1.60 bits per heavy atom. The zero-order chi connectivity index (χ0) is 11.5. The van der Waals surface area contributed by atoms with Gasteiger partial charge in [-0.05, 0) is 19.4 Å². The van der Waals surface area contributed by atoms with Gasteiger partial charge in [-0.25, -0.2) is 13.4 Å². The Morgan fingerprint density at radius 2 is 2.27 bits per heavy atom. The fourth-order valence-corrected chi connectivity index (χ4v) is 2.65. The van der Waals surface area contributed by atoms with Crippen LogP contribution in [0.2, 0.25) is 0 Å². The molecule has 1 rings (SSSR count). The molecule has 0 fully saturated rings. The number of hydrogen-bond donors (Lipinski definition) is 1. The second-order valence-electron chi connectivity index (χ2n) is 3.32. The van der Waals surface area contributed by atoms with Crippen molar-refractivity contribution in [3.63, 3.8) is 0 Å². The van der Waals surface area contributed by atoms with Crippen molar-refractivity contribution in [2.75, 3.05) is 5.75 Å². The minimum atomic E-state index is -3.23. The number of aryl methyl sites for hydroxylation is 1. The maximum atomic E-state index is 11.6. The summed E-state index contributed by atoms with van der Waals surface area (Å²) in [5.41, 5.74) is 1.87. The highest BCUT2D eigenvalue weighted by Crippen LogP contribution is 2.07. The minimum Gasteiger partial charge on any atom is -0.263 e. The number of nitrogens with zero attached hydrogens (tertiary/aromatic N) is 2. The van der Waals surface area contributed by atoms with Crippen LogP contribution >= 0.6 is 11.6 Å². The van der Waals surface area contributed by atoms with E-state index in [0.29, 0.717) is 11.4 Å². The van der Waals surface area contributed by atoms with Crippen molar-refractivity contribution in [2.24, 2.45) is 0 Å². The Hall–Kier alpha value is -0.880. The summed E-state index contributed by atoms with van der Waals surface area (Å²) in [5.74, 6) is 0.656. The molecule has 5 nitrogen and oxygen atoms in total. The van der Waals surface area contributed by atoms with Gasteiger partial charge in [0.2, 0.25) is 0 Å². The van der Waals surface area contributed by atoms with Gasteiger partial charge in [0.15, 0.2) is 15.7 Å². The van der Waals surface area contributed by atoms with Crippen LogP contribution in [0.5, 0.6) is 0 Å². The normalized spacial score (nSPS) is 13.1. The summed E-state index contributed by atoms with van der Waals surface area (Å²) in [4.78, 5) is 3.93. The highest BCUT2D eigenvalue weighted by molar-refractivity contribution is 7.90. The van der Waals surface area contributed by atoms with E-state index in [-0.39, 0.29) is 17.3 Å². The quantitative estimate of drug-likeness (QED) is 0.869. The smallest absolute Gasteiger partial charge is 0.165 e. The first-order valence-corrected chi connectivity index (χ1v) is 6.53. The molecule has 0 amide bonds. The number of hydrogen-bond acceptors (Lipinski definition) is 4. The van der Waals surface area contributed by atoms with E-state index >= 15 is 0 Å². The molecule has 0 spiro atoms. The van der Waals surface area contributed by atoms with Gasteiger partial charge in [0, 0.05) is 5.54 Å². The van der Waals surface area contributed by atoms with Crippen LogP contribution < -0.4 is 0 Å². The van der Waals surface area contributed by atoms with Crippen molar-refractivity contribution in [2.45, 2.75) is 19.6 Å². The van der Waals surface area contributed by atoms with Crippen molar-refractivity contribution >= 4 is 21.4 Å². The number of rotatable bonds is 4. The highest BCUT2D eigenvalue weighted by Gasteiger charge is 2.15. The molecule has 0 aliphatic carbocycles. The van der Waals surface area contributed by atoms with Crippen molar-refractivity contribution in [1.82, 2.24) is 15.2 Å². The molecular weight excluding hydrogens is 238 g/mol. The van der Waals surface area contributed by atoms with E-state index in [0.717, 1.165) is 0 Å². The summed E-state index contributed by atoms with van der Waals surface area (Å²) in [6, 6.07) is 0. The molecule has 7 heteroatoms. The zero-order valence-electron chi connectivity index (χ0n) is 8.49. The van der Waals surface area contributed by atoms with E-state index in [1.165, 1.54) is 5.54 Å². The van der Waals surface area contributed by atoms with E-state index in [1.54, 1.807) is 13.8 Å². The average Bonchev–Trinajstić information content (AvgIpc) is 2.49. The van der Waals surface area contributed by atoms with Gasteiger partial charge in [0.25, 0.3) is 0 Å². The summed E-state index contributed by atoms with van der Waals surface area (Å²) in [5, 5.41) is 6.36. The molecule has 1 N–H and O–H groups in total. The van der Waals surface area contributed by atoms with Crippen LogP contribution in [0.15, 0.2) is 11.1 Å². The fourth-order valence-electron chi connectivity index (χ4n) is 1.08. The molecule has 0 aliphatic heterocycles. The molecule has 0 unspecified atom stereocenters. The molecule has 1 aromatic rings. The van der Waals surface area contributed by atoms with Gasteiger partial charge >= 0.3 is 0 Å². The molecule has 1 heterocycles. The lowest BCUT2D eigenvalue weighted by molar-refractivity contribution is 0.596. The molecule has 0 saturated carbocycles. The monoisotopic (exact) mass is 249 g/mol. The summed E-state index contributed by atoms with van der Waals surface area (Å²) in [6.45, 7) is 3.38. The van der Waals surface area contributed by atoms with Gasteiger partial charge in [-0.3, -0.25) is 5.10 Å². The topological polar surface area (TPSA) is 75.7 Å². The molecule has 1 aromatic heterocycles. The van der Waals surface area contributed by atoms with Crippen LogP contribution in [0.1, 0.15) is 18.6 Å². The first kappa shape index (κ1) is 12.2. The van der Waals surface area contributed by atoms with Gasteiger partial charge in [-0.1, -0.05) is 11.6 Å². The van der Waals surface area contributed by atoms with E-state index in [4.69, 9.17) is 11.6 Å². The number of halogens is 1. The molecule has 0 bridgehead atoms. The third-order valence-corrected chi connectivity index (χ3v) is 3.59. The Labute approximate surface area is 93.5 Å². The second-order valence-corrected chi connectivity index (χ2v) is 5.61. The van der Waals surface area contributed by atoms with Crippen LogP contribution in [0, 0.1) is 6.92 Å². The second kappa shape index (κ2) is 4.76. The molecule has 0 saturated heterocycles. The summed E-state index contributed by atoms with van der Waals surface area (Å²) >= 11 is 5.40. The van der Waals surface area contributed by atoms with Gasteiger partial charge in [-0.2, -0.15) is 5.10 Å². The average molecular weight is 250 g/mol. The number of sulfone groups is 1. The van der Waals surface area contributed by atoms with E-state index in [9.17, 15) is 8.42 Å². The number of nitrogens with one attached hydrogen (secondary N) is 1. The molecular formula is C8H12ClN3O2S. The third kappa shape index (κ3) is 4.01. The lowest BCUT2D eigenvalue weighted by Gasteiger charge is -2.00. The zero-order valence-corrected chi connectivity index (χ0v) is 10.1. The molecule has 0 aliphatic rings. The van der Waals surface area contributed by atoms with Gasteiger partial charge in [0.1, 0.15) is 11.6 Å². The Morgan fingerprint density at radius 3 is 2.73 bits per heavy atom. The van der Waals surface area contributed by atoms with Crippen LogP contribution in [-0.4, -0.2) is 29.4 Å². The number of aromatic amines is 1. The summed E-state index contributed by atoms with van der Waals surface area (Å²) in [7, 11) is -3.23. The van der Waals surface area contributed by atoms with Crippen LogP contribution in [0.3, 0.4) is 0 Å². The predicted molar refractivity (Wildman–Crippen MR) is 58.2 cm³/mol. The molecule has 0 aromatic carbocycles. The SMILES string of the molecule is CC(=CCl)CS(=O)(=O)Cc1n[nH]c(C)n1. The van der Waals surface area contributed by atoms with Crippen molar-refractivity contribution in [3.05, 3.63) is 22.8 Å². The fraction of sp³-hybridized carbons (Fsp3) is 0.500. The first-order chi connectivity index (χ1) is 6.93. The lowest BCUT2D eigenvalue weighted by Crippen LogP contribution is -2.11. The van der Waals surface area contributed by atoms with E-state index < -0.39 is 9.84 Å². The van der Waals surface area contributed by atoms with E-state index in [1.807, 2.05) is 0 Å².